The van der Waals surface area contributed by atoms with Crippen molar-refractivity contribution in [1.29, 1.82) is 0 Å². The van der Waals surface area contributed by atoms with Crippen LogP contribution in [0, 0.1) is 12.7 Å². The number of rotatable bonds is 3. The lowest BCUT2D eigenvalue weighted by Gasteiger charge is -2.25. The van der Waals surface area contributed by atoms with Crippen LogP contribution in [0.4, 0.5) is 4.39 Å². The molecule has 0 aliphatic heterocycles. The molecular formula is C14H17FO3. The van der Waals surface area contributed by atoms with Gasteiger partial charge in [-0.15, -0.1) is 0 Å². The number of ether oxygens (including phenoxy) is 1. The van der Waals surface area contributed by atoms with Crippen molar-refractivity contribution in [2.75, 3.05) is 7.11 Å². The van der Waals surface area contributed by atoms with Crippen molar-refractivity contribution in [3.05, 3.63) is 29.1 Å². The maximum Gasteiger partial charge on any atom is 0.314 e. The Bertz CT molecular complexity index is 476. The monoisotopic (exact) mass is 252 g/mol. The quantitative estimate of drug-likeness (QED) is 0.899. The number of carboxylic acid groups (broad SMARTS) is 1. The minimum Gasteiger partial charge on any atom is -0.496 e. The van der Waals surface area contributed by atoms with Crippen molar-refractivity contribution in [2.24, 2.45) is 0 Å². The number of carbonyl (C=O) groups is 1. The summed E-state index contributed by atoms with van der Waals surface area (Å²) in [5.41, 5.74) is -0.00538. The van der Waals surface area contributed by atoms with E-state index in [9.17, 15) is 14.3 Å². The van der Waals surface area contributed by atoms with Crippen molar-refractivity contribution in [3.8, 4) is 5.75 Å². The smallest absolute Gasteiger partial charge is 0.314 e. The van der Waals surface area contributed by atoms with E-state index in [2.05, 4.69) is 0 Å². The molecule has 1 N–H and O–H groups in total. The molecule has 1 aliphatic carbocycles. The summed E-state index contributed by atoms with van der Waals surface area (Å²) in [6.45, 7) is 1.63. The summed E-state index contributed by atoms with van der Waals surface area (Å²) >= 11 is 0. The number of halogens is 1. The molecule has 1 saturated carbocycles. The van der Waals surface area contributed by atoms with Gasteiger partial charge in [0.1, 0.15) is 11.6 Å². The highest BCUT2D eigenvalue weighted by atomic mass is 19.1. The third-order valence-electron chi connectivity index (χ3n) is 3.94. The first-order valence-corrected chi connectivity index (χ1v) is 6.09. The van der Waals surface area contributed by atoms with Gasteiger partial charge in [0, 0.05) is 5.56 Å². The molecule has 1 aromatic rings. The van der Waals surface area contributed by atoms with Crippen LogP contribution in [0.2, 0.25) is 0 Å². The molecule has 98 valence electrons. The van der Waals surface area contributed by atoms with Crippen molar-refractivity contribution in [3.63, 3.8) is 0 Å². The Morgan fingerprint density at radius 1 is 1.39 bits per heavy atom. The average Bonchev–Trinajstić information content (AvgIpc) is 2.83. The van der Waals surface area contributed by atoms with Gasteiger partial charge >= 0.3 is 5.97 Å². The lowest BCUT2D eigenvalue weighted by Crippen LogP contribution is -2.32. The lowest BCUT2D eigenvalue weighted by molar-refractivity contribution is -0.143. The third kappa shape index (κ3) is 1.85. The molecule has 0 heterocycles. The third-order valence-corrected chi connectivity index (χ3v) is 3.94. The van der Waals surface area contributed by atoms with Crippen LogP contribution in [-0.4, -0.2) is 18.2 Å². The van der Waals surface area contributed by atoms with Gasteiger partial charge in [0.25, 0.3) is 0 Å². The van der Waals surface area contributed by atoms with Gasteiger partial charge in [0.05, 0.1) is 12.5 Å². The number of methoxy groups -OCH3 is 1. The van der Waals surface area contributed by atoms with E-state index >= 15 is 0 Å². The Morgan fingerprint density at radius 2 is 2.00 bits per heavy atom. The maximum absolute atomic E-state index is 13.8. The molecule has 0 bridgehead atoms. The Hall–Kier alpha value is -1.58. The lowest BCUT2D eigenvalue weighted by atomic mass is 9.78. The first-order chi connectivity index (χ1) is 8.51. The molecule has 1 aliphatic rings. The van der Waals surface area contributed by atoms with Crippen molar-refractivity contribution in [2.45, 2.75) is 38.0 Å². The van der Waals surface area contributed by atoms with E-state index in [0.717, 1.165) is 12.8 Å². The van der Waals surface area contributed by atoms with Crippen LogP contribution in [0.15, 0.2) is 12.1 Å². The van der Waals surface area contributed by atoms with Gasteiger partial charge in [-0.2, -0.15) is 0 Å². The molecule has 1 aromatic carbocycles. The summed E-state index contributed by atoms with van der Waals surface area (Å²) in [6.07, 6.45) is 2.86. The van der Waals surface area contributed by atoms with Crippen molar-refractivity contribution < 1.29 is 19.0 Å². The van der Waals surface area contributed by atoms with Crippen molar-refractivity contribution >= 4 is 5.97 Å². The van der Waals surface area contributed by atoms with Gasteiger partial charge < -0.3 is 9.84 Å². The molecule has 0 aromatic heterocycles. The van der Waals surface area contributed by atoms with E-state index in [1.165, 1.54) is 13.2 Å². The summed E-state index contributed by atoms with van der Waals surface area (Å²) in [6, 6.07) is 3.01. The highest BCUT2D eigenvalue weighted by molar-refractivity contribution is 5.82. The molecule has 3 nitrogen and oxygen atoms in total. The van der Waals surface area contributed by atoms with Crippen molar-refractivity contribution in [1.82, 2.24) is 0 Å². The number of hydrogen-bond acceptors (Lipinski definition) is 2. The number of hydrogen-bond donors (Lipinski definition) is 1. The first-order valence-electron chi connectivity index (χ1n) is 6.09. The van der Waals surface area contributed by atoms with Gasteiger partial charge in [-0.05, 0) is 37.5 Å². The molecule has 0 radical (unpaired) electrons. The minimum atomic E-state index is -0.943. The molecule has 0 amide bonds. The first kappa shape index (κ1) is 12.9. The van der Waals surface area contributed by atoms with E-state index in [-0.39, 0.29) is 0 Å². The Kier molecular flexibility index (Phi) is 3.28. The van der Waals surface area contributed by atoms with E-state index in [4.69, 9.17) is 4.74 Å². The largest absolute Gasteiger partial charge is 0.496 e. The highest BCUT2D eigenvalue weighted by Crippen LogP contribution is 2.43. The predicted octanol–water partition coefficient (Wildman–Crippen LogP) is 3.04. The van der Waals surface area contributed by atoms with Gasteiger partial charge in [0.2, 0.25) is 0 Å². The zero-order chi connectivity index (χ0) is 13.3. The van der Waals surface area contributed by atoms with Crippen LogP contribution >= 0.6 is 0 Å². The van der Waals surface area contributed by atoms with Gasteiger partial charge in [-0.1, -0.05) is 12.8 Å². The maximum atomic E-state index is 13.8. The number of aliphatic carboxylic acids is 1. The average molecular weight is 252 g/mol. The van der Waals surface area contributed by atoms with Gasteiger partial charge in [0.15, 0.2) is 0 Å². The zero-order valence-corrected chi connectivity index (χ0v) is 10.6. The normalized spacial score (nSPS) is 17.7. The fourth-order valence-corrected chi connectivity index (χ4v) is 2.75. The molecule has 18 heavy (non-hydrogen) atoms. The Morgan fingerprint density at radius 3 is 2.50 bits per heavy atom. The van der Waals surface area contributed by atoms with Crippen LogP contribution in [0.1, 0.15) is 36.8 Å². The fourth-order valence-electron chi connectivity index (χ4n) is 2.75. The molecule has 4 heteroatoms. The summed E-state index contributed by atoms with van der Waals surface area (Å²) in [7, 11) is 1.47. The molecule has 2 rings (SSSR count). The van der Waals surface area contributed by atoms with Crippen LogP contribution in [0.3, 0.4) is 0 Å². The number of benzene rings is 1. The molecular weight excluding hydrogens is 235 g/mol. The molecule has 1 fully saturated rings. The van der Waals surface area contributed by atoms with Crippen LogP contribution in [0.25, 0.3) is 0 Å². The SMILES string of the molecule is COc1cc(C2(C(=O)O)CCCC2)cc(F)c1C. The van der Waals surface area contributed by atoms with E-state index < -0.39 is 17.2 Å². The summed E-state index contributed by atoms with van der Waals surface area (Å²) in [4.78, 5) is 11.6. The molecule has 0 saturated heterocycles. The van der Waals surface area contributed by atoms with E-state index in [1.807, 2.05) is 0 Å². The van der Waals surface area contributed by atoms with Gasteiger partial charge in [-0.25, -0.2) is 4.39 Å². The molecule has 0 unspecified atom stereocenters. The Labute approximate surface area is 106 Å². The second kappa shape index (κ2) is 4.59. The van der Waals surface area contributed by atoms with E-state index in [0.29, 0.717) is 29.7 Å². The molecule has 0 atom stereocenters. The highest BCUT2D eigenvalue weighted by Gasteiger charge is 2.43. The van der Waals surface area contributed by atoms with Crippen LogP contribution in [0.5, 0.6) is 5.75 Å². The minimum absolute atomic E-state index is 0.406. The van der Waals surface area contributed by atoms with Gasteiger partial charge in [-0.3, -0.25) is 4.79 Å². The number of carboxylic acids is 1. The fraction of sp³-hybridized carbons (Fsp3) is 0.500. The molecule has 0 spiro atoms. The van der Waals surface area contributed by atoms with E-state index in [1.54, 1.807) is 13.0 Å². The summed E-state index contributed by atoms with van der Waals surface area (Å²) < 4.78 is 19.0. The summed E-state index contributed by atoms with van der Waals surface area (Å²) in [5, 5.41) is 9.48. The predicted molar refractivity (Wildman–Crippen MR) is 65.5 cm³/mol. The van der Waals surface area contributed by atoms with Crippen LogP contribution < -0.4 is 4.74 Å². The second-order valence-corrected chi connectivity index (χ2v) is 4.88. The van der Waals surface area contributed by atoms with Crippen LogP contribution in [-0.2, 0) is 10.2 Å². The standard InChI is InChI=1S/C14H17FO3/c1-9-11(15)7-10(8-12(9)18-2)14(13(16)17)5-3-4-6-14/h7-8H,3-6H2,1-2H3,(H,16,17). The topological polar surface area (TPSA) is 46.5 Å². The zero-order valence-electron chi connectivity index (χ0n) is 10.6. The second-order valence-electron chi connectivity index (χ2n) is 4.88. The summed E-state index contributed by atoms with van der Waals surface area (Å²) in [5.74, 6) is -0.861. The Balaban J connectivity index is 2.56.